The number of urea groups is 1. The third-order valence-corrected chi connectivity index (χ3v) is 8.38. The van der Waals surface area contributed by atoms with Crippen molar-refractivity contribution in [2.45, 2.75) is 71.8 Å². The molecule has 4 rings (SSSR count). The zero-order chi connectivity index (χ0) is 32.7. The number of anilines is 3. The zero-order valence-electron chi connectivity index (χ0n) is 27.9. The number of amides is 3. The van der Waals surface area contributed by atoms with Crippen molar-refractivity contribution in [2.24, 2.45) is 0 Å². The quantitative estimate of drug-likeness (QED) is 0.139. The standard InChI is InChI=1S/C37H51N5O4/c1-5-8-10-23-38-37(44)40-30-15-20-34(35(27-30)45-7-3)46-33-18-13-29(14-19-33)39-36(43)28-11-16-31(17-12-28)41(4)32-21-25-42(26-22-32)24-9-6-2/h11-20,27,32H,5-10,21-26H2,1-4H3,(H,39,43)(H2,38,40,44). The number of ether oxygens (including phenoxy) is 2. The third kappa shape index (κ3) is 10.4. The highest BCUT2D eigenvalue weighted by molar-refractivity contribution is 6.04. The number of hydrogen-bond donors (Lipinski definition) is 3. The number of unbranched alkanes of at least 4 members (excludes halogenated alkanes) is 3. The van der Waals surface area contributed by atoms with Gasteiger partial charge in [0.2, 0.25) is 0 Å². The smallest absolute Gasteiger partial charge is 0.319 e. The van der Waals surface area contributed by atoms with Gasteiger partial charge in [-0.2, -0.15) is 0 Å². The van der Waals surface area contributed by atoms with Crippen molar-refractivity contribution >= 4 is 29.0 Å². The van der Waals surface area contributed by atoms with Gasteiger partial charge >= 0.3 is 6.03 Å². The largest absolute Gasteiger partial charge is 0.490 e. The van der Waals surface area contributed by atoms with E-state index in [0.29, 0.717) is 53.4 Å². The minimum absolute atomic E-state index is 0.164. The first kappa shape index (κ1) is 34.6. The minimum Gasteiger partial charge on any atom is -0.490 e. The number of hydrogen-bond acceptors (Lipinski definition) is 6. The first-order chi connectivity index (χ1) is 22.4. The Labute approximate surface area is 274 Å². The molecule has 1 saturated heterocycles. The molecule has 0 atom stereocenters. The Bertz CT molecular complexity index is 1370. The van der Waals surface area contributed by atoms with E-state index in [9.17, 15) is 9.59 Å². The van der Waals surface area contributed by atoms with E-state index in [1.807, 2.05) is 31.2 Å². The Hall–Kier alpha value is -4.24. The molecule has 0 saturated carbocycles. The molecule has 0 radical (unpaired) electrons. The predicted molar refractivity (Wildman–Crippen MR) is 188 cm³/mol. The van der Waals surface area contributed by atoms with Gasteiger partial charge in [-0.05, 0) is 99.8 Å². The summed E-state index contributed by atoms with van der Waals surface area (Å²) < 4.78 is 11.9. The molecule has 0 aromatic heterocycles. The van der Waals surface area contributed by atoms with Crippen LogP contribution in [0.1, 0.15) is 76.1 Å². The Morgan fingerprint density at radius 1 is 0.826 bits per heavy atom. The zero-order valence-corrected chi connectivity index (χ0v) is 27.9. The predicted octanol–water partition coefficient (Wildman–Crippen LogP) is 8.14. The van der Waals surface area contributed by atoms with Gasteiger partial charge in [-0.1, -0.05) is 33.1 Å². The van der Waals surface area contributed by atoms with Gasteiger partial charge in [-0.25, -0.2) is 4.79 Å². The summed E-state index contributed by atoms with van der Waals surface area (Å²) in [5, 5.41) is 8.70. The number of carbonyl (C=O) groups excluding carboxylic acids is 2. The van der Waals surface area contributed by atoms with Crippen molar-refractivity contribution in [1.82, 2.24) is 10.2 Å². The van der Waals surface area contributed by atoms with Gasteiger partial charge in [-0.15, -0.1) is 0 Å². The molecule has 0 bridgehead atoms. The SMILES string of the molecule is CCCCCNC(=O)Nc1ccc(Oc2ccc(NC(=O)c3ccc(N(C)C4CCN(CCCC)CC4)cc3)cc2)c(OCC)c1. The lowest BCUT2D eigenvalue weighted by Gasteiger charge is -2.38. The summed E-state index contributed by atoms with van der Waals surface area (Å²) in [7, 11) is 2.16. The number of carbonyl (C=O) groups is 2. The molecule has 3 N–H and O–H groups in total. The lowest BCUT2D eigenvalue weighted by molar-refractivity contribution is 0.102. The molecule has 46 heavy (non-hydrogen) atoms. The van der Waals surface area contributed by atoms with Gasteiger partial charge in [0.25, 0.3) is 5.91 Å². The monoisotopic (exact) mass is 629 g/mol. The Morgan fingerprint density at radius 3 is 2.20 bits per heavy atom. The van der Waals surface area contributed by atoms with Crippen LogP contribution in [0.15, 0.2) is 66.7 Å². The molecule has 3 aromatic carbocycles. The van der Waals surface area contributed by atoms with Crippen LogP contribution < -0.4 is 30.3 Å². The minimum atomic E-state index is -0.248. The number of likely N-dealkylation sites (tertiary alicyclic amines) is 1. The van der Waals surface area contributed by atoms with E-state index in [0.717, 1.165) is 50.9 Å². The molecule has 0 unspecified atom stereocenters. The molecule has 3 amide bonds. The average molecular weight is 630 g/mol. The fourth-order valence-corrected chi connectivity index (χ4v) is 5.60. The number of benzene rings is 3. The highest BCUT2D eigenvalue weighted by Gasteiger charge is 2.22. The summed E-state index contributed by atoms with van der Waals surface area (Å²) in [5.41, 5.74) is 3.02. The highest BCUT2D eigenvalue weighted by atomic mass is 16.5. The van der Waals surface area contributed by atoms with Crippen molar-refractivity contribution in [3.63, 3.8) is 0 Å². The molecule has 248 valence electrons. The lowest BCUT2D eigenvalue weighted by Crippen LogP contribution is -2.43. The van der Waals surface area contributed by atoms with Crippen LogP contribution in [0.3, 0.4) is 0 Å². The van der Waals surface area contributed by atoms with E-state index in [1.54, 1.807) is 42.5 Å². The number of rotatable bonds is 16. The molecule has 3 aromatic rings. The number of nitrogens with one attached hydrogen (secondary N) is 3. The lowest BCUT2D eigenvalue weighted by atomic mass is 10.0. The van der Waals surface area contributed by atoms with Gasteiger partial charge in [0.05, 0.1) is 6.61 Å². The van der Waals surface area contributed by atoms with Gasteiger partial charge in [0, 0.05) is 61.4 Å². The van der Waals surface area contributed by atoms with E-state index in [-0.39, 0.29) is 11.9 Å². The maximum Gasteiger partial charge on any atom is 0.319 e. The molecule has 0 spiro atoms. The number of piperidine rings is 1. The van der Waals surface area contributed by atoms with Crippen LogP contribution in [0.5, 0.6) is 17.2 Å². The van der Waals surface area contributed by atoms with Crippen molar-refractivity contribution in [3.05, 3.63) is 72.3 Å². The summed E-state index contributed by atoms with van der Waals surface area (Å²) in [6.45, 7) is 10.9. The summed E-state index contributed by atoms with van der Waals surface area (Å²) in [6.07, 6.45) is 7.97. The van der Waals surface area contributed by atoms with E-state index < -0.39 is 0 Å². The van der Waals surface area contributed by atoms with Crippen molar-refractivity contribution in [2.75, 3.05) is 55.4 Å². The first-order valence-electron chi connectivity index (χ1n) is 16.9. The van der Waals surface area contributed by atoms with Crippen molar-refractivity contribution < 1.29 is 19.1 Å². The average Bonchev–Trinajstić information content (AvgIpc) is 3.08. The van der Waals surface area contributed by atoms with E-state index in [4.69, 9.17) is 9.47 Å². The Balaban J connectivity index is 1.29. The van der Waals surface area contributed by atoms with Crippen LogP contribution in [0.2, 0.25) is 0 Å². The molecule has 9 nitrogen and oxygen atoms in total. The van der Waals surface area contributed by atoms with Gasteiger partial charge in [0.15, 0.2) is 11.5 Å². The summed E-state index contributed by atoms with van der Waals surface area (Å²) in [4.78, 5) is 30.2. The maximum atomic E-state index is 13.0. The topological polar surface area (TPSA) is 95.2 Å². The van der Waals surface area contributed by atoms with E-state index in [2.05, 4.69) is 46.6 Å². The van der Waals surface area contributed by atoms with Crippen LogP contribution in [-0.4, -0.2) is 62.7 Å². The van der Waals surface area contributed by atoms with E-state index >= 15 is 0 Å². The van der Waals surface area contributed by atoms with Crippen LogP contribution in [0, 0.1) is 0 Å². The van der Waals surface area contributed by atoms with Crippen LogP contribution in [0.25, 0.3) is 0 Å². The van der Waals surface area contributed by atoms with Crippen LogP contribution in [-0.2, 0) is 0 Å². The first-order valence-corrected chi connectivity index (χ1v) is 16.9. The second kappa shape index (κ2) is 18.0. The summed E-state index contributed by atoms with van der Waals surface area (Å²) in [6, 6.07) is 20.6. The fourth-order valence-electron chi connectivity index (χ4n) is 5.60. The molecule has 1 aliphatic heterocycles. The molecule has 9 heteroatoms. The molecule has 1 heterocycles. The van der Waals surface area contributed by atoms with Crippen LogP contribution in [0.4, 0.5) is 21.9 Å². The van der Waals surface area contributed by atoms with Crippen molar-refractivity contribution in [1.29, 1.82) is 0 Å². The molecule has 1 aliphatic rings. The molecular weight excluding hydrogens is 578 g/mol. The van der Waals surface area contributed by atoms with Crippen LogP contribution >= 0.6 is 0 Å². The van der Waals surface area contributed by atoms with Gasteiger partial charge in [0.1, 0.15) is 5.75 Å². The Morgan fingerprint density at radius 2 is 1.52 bits per heavy atom. The molecule has 1 fully saturated rings. The summed E-state index contributed by atoms with van der Waals surface area (Å²) in [5.74, 6) is 1.48. The van der Waals surface area contributed by atoms with Gasteiger partial charge < -0.3 is 35.2 Å². The highest BCUT2D eigenvalue weighted by Crippen LogP contribution is 2.34. The molecule has 0 aliphatic carbocycles. The maximum absolute atomic E-state index is 13.0. The second-order valence-corrected chi connectivity index (χ2v) is 11.8. The Kier molecular flexibility index (Phi) is 13.6. The third-order valence-electron chi connectivity index (χ3n) is 8.38. The summed E-state index contributed by atoms with van der Waals surface area (Å²) >= 11 is 0. The van der Waals surface area contributed by atoms with Crippen molar-refractivity contribution in [3.8, 4) is 17.2 Å². The second-order valence-electron chi connectivity index (χ2n) is 11.8. The van der Waals surface area contributed by atoms with Gasteiger partial charge in [-0.3, -0.25) is 4.79 Å². The fraction of sp³-hybridized carbons (Fsp3) is 0.459. The number of nitrogens with zero attached hydrogens (tertiary/aromatic N) is 2. The normalized spacial score (nSPS) is 13.6. The molecular formula is C37H51N5O4. The van der Waals surface area contributed by atoms with E-state index in [1.165, 1.54) is 19.4 Å².